The Morgan fingerprint density at radius 1 is 0.895 bits per heavy atom. The van der Waals surface area contributed by atoms with Crippen molar-refractivity contribution in [1.82, 2.24) is 14.2 Å². The molecule has 0 radical (unpaired) electrons. The number of nitrogens with zero attached hydrogens (tertiary/aromatic N) is 3. The summed E-state index contributed by atoms with van der Waals surface area (Å²) in [5, 5.41) is 9.43. The highest BCUT2D eigenvalue weighted by atomic mass is 35.5. The van der Waals surface area contributed by atoms with Crippen LogP contribution in [-0.4, -0.2) is 19.2 Å². The minimum Gasteiger partial charge on any atom is -0.345 e. The van der Waals surface area contributed by atoms with Crippen molar-refractivity contribution in [2.24, 2.45) is 0 Å². The summed E-state index contributed by atoms with van der Waals surface area (Å²) in [7, 11) is 0. The number of hydrogen-bond donors (Lipinski definition) is 1. The third-order valence-corrected chi connectivity index (χ3v) is 7.92. The summed E-state index contributed by atoms with van der Waals surface area (Å²) in [5.74, 6) is 0.982. The highest BCUT2D eigenvalue weighted by Gasteiger charge is 2.29. The van der Waals surface area contributed by atoms with Gasteiger partial charge >= 0.3 is 0 Å². The van der Waals surface area contributed by atoms with Gasteiger partial charge in [-0.3, -0.25) is 0 Å². The molecule has 3 aromatic carbocycles. The molecule has 6 heteroatoms. The summed E-state index contributed by atoms with van der Waals surface area (Å²) in [6, 6.07) is 27.0. The first-order valence-electron chi connectivity index (χ1n) is 13.2. The predicted molar refractivity (Wildman–Crippen MR) is 162 cm³/mol. The molecule has 0 amide bonds. The molecule has 1 N–H and O–H groups in total. The molecule has 0 saturated carbocycles. The fourth-order valence-electron chi connectivity index (χ4n) is 5.42. The van der Waals surface area contributed by atoms with Crippen LogP contribution in [0.2, 0.25) is 5.02 Å². The Bertz CT molecular complexity index is 1620. The van der Waals surface area contributed by atoms with E-state index in [-0.39, 0.29) is 5.41 Å². The van der Waals surface area contributed by atoms with Crippen molar-refractivity contribution in [3.63, 3.8) is 0 Å². The van der Waals surface area contributed by atoms with Crippen LogP contribution in [0.25, 0.3) is 28.2 Å². The van der Waals surface area contributed by atoms with Gasteiger partial charge in [0.1, 0.15) is 16.3 Å². The molecular formula is C32H31ClN4S. The van der Waals surface area contributed by atoms with Gasteiger partial charge in [0, 0.05) is 33.9 Å². The number of benzene rings is 3. The number of aryl methyl sites for hydroxylation is 2. The first kappa shape index (κ1) is 24.9. The molecule has 4 nitrogen and oxygen atoms in total. The lowest BCUT2D eigenvalue weighted by molar-refractivity contribution is 0.590. The molecule has 0 unspecified atom stereocenters. The molecule has 1 aliphatic heterocycles. The Morgan fingerprint density at radius 2 is 1.58 bits per heavy atom. The molecule has 5 aromatic rings. The lowest BCUT2D eigenvalue weighted by atomic mass is 9.87. The van der Waals surface area contributed by atoms with Crippen molar-refractivity contribution in [2.75, 3.05) is 5.32 Å². The van der Waals surface area contributed by atoms with Crippen molar-refractivity contribution in [3.05, 3.63) is 101 Å². The molecule has 2 aromatic heterocycles. The molecule has 0 aliphatic carbocycles. The molecule has 0 bridgehead atoms. The largest absolute Gasteiger partial charge is 0.345 e. The van der Waals surface area contributed by atoms with Crippen LogP contribution in [0.4, 0.5) is 5.69 Å². The van der Waals surface area contributed by atoms with E-state index >= 15 is 0 Å². The zero-order valence-corrected chi connectivity index (χ0v) is 23.5. The van der Waals surface area contributed by atoms with Gasteiger partial charge in [-0.2, -0.15) is 0 Å². The van der Waals surface area contributed by atoms with Gasteiger partial charge in [-0.05, 0) is 60.1 Å². The summed E-state index contributed by atoms with van der Waals surface area (Å²) in [4.78, 5) is 0.655. The molecule has 192 valence electrons. The fraction of sp³-hybridized carbons (Fsp3) is 0.250. The number of anilines is 1. The molecule has 0 spiro atoms. The van der Waals surface area contributed by atoms with Gasteiger partial charge < -0.3 is 9.88 Å². The van der Waals surface area contributed by atoms with Gasteiger partial charge in [0.2, 0.25) is 0 Å². The second-order valence-corrected chi connectivity index (χ2v) is 11.9. The van der Waals surface area contributed by atoms with Crippen molar-refractivity contribution >= 4 is 40.1 Å². The van der Waals surface area contributed by atoms with Gasteiger partial charge in [-0.15, -0.1) is 5.10 Å². The molecule has 0 fully saturated rings. The van der Waals surface area contributed by atoms with Crippen LogP contribution >= 0.6 is 23.8 Å². The lowest BCUT2D eigenvalue weighted by Gasteiger charge is -2.19. The fourth-order valence-corrected chi connectivity index (χ4v) is 5.85. The summed E-state index contributed by atoms with van der Waals surface area (Å²) in [6.07, 6.45) is 3.20. The average molecular weight is 539 g/mol. The third kappa shape index (κ3) is 4.44. The highest BCUT2D eigenvalue weighted by molar-refractivity contribution is 7.81. The van der Waals surface area contributed by atoms with Crippen LogP contribution in [0, 0.1) is 0 Å². The van der Waals surface area contributed by atoms with Crippen LogP contribution in [0.3, 0.4) is 0 Å². The van der Waals surface area contributed by atoms with E-state index in [0.29, 0.717) is 4.99 Å². The molecule has 3 heterocycles. The van der Waals surface area contributed by atoms with Gasteiger partial charge in [-0.25, -0.2) is 4.52 Å². The van der Waals surface area contributed by atoms with Crippen LogP contribution in [0.5, 0.6) is 0 Å². The van der Waals surface area contributed by atoms with Crippen LogP contribution in [-0.2, 0) is 18.4 Å². The second-order valence-electron chi connectivity index (χ2n) is 11.0. The van der Waals surface area contributed by atoms with Crippen molar-refractivity contribution in [3.8, 4) is 22.5 Å². The van der Waals surface area contributed by atoms with Gasteiger partial charge in [0.25, 0.3) is 0 Å². The number of rotatable bonds is 4. The minimum absolute atomic E-state index is 0.104. The minimum atomic E-state index is 0.104. The predicted octanol–water partition coefficient (Wildman–Crippen LogP) is 8.54. The third-order valence-electron chi connectivity index (χ3n) is 7.37. The van der Waals surface area contributed by atoms with E-state index in [9.17, 15) is 0 Å². The number of nitrogens with one attached hydrogen (secondary N) is 1. The lowest BCUT2D eigenvalue weighted by Crippen LogP contribution is -2.14. The maximum absolute atomic E-state index is 6.27. The Hall–Kier alpha value is -3.41. The molecular weight excluding hydrogens is 508 g/mol. The molecule has 6 rings (SSSR count). The summed E-state index contributed by atoms with van der Waals surface area (Å²) >= 11 is 12.3. The quantitative estimate of drug-likeness (QED) is 0.233. The smallest absolute Gasteiger partial charge is 0.162 e. The maximum Gasteiger partial charge on any atom is 0.162 e. The summed E-state index contributed by atoms with van der Waals surface area (Å²) < 4.78 is 4.47. The first-order valence-corrected chi connectivity index (χ1v) is 14.0. The van der Waals surface area contributed by atoms with Crippen molar-refractivity contribution < 1.29 is 0 Å². The van der Waals surface area contributed by atoms with E-state index in [0.717, 1.165) is 70.4 Å². The molecule has 0 saturated heterocycles. The normalized spacial score (nSPS) is 13.5. The Kier molecular flexibility index (Phi) is 6.37. The Balaban J connectivity index is 1.58. The van der Waals surface area contributed by atoms with Gasteiger partial charge in [0.05, 0.1) is 0 Å². The molecule has 0 atom stereocenters. The zero-order valence-electron chi connectivity index (χ0n) is 22.0. The van der Waals surface area contributed by atoms with Crippen LogP contribution in [0.15, 0.2) is 78.9 Å². The molecule has 38 heavy (non-hydrogen) atoms. The van der Waals surface area contributed by atoms with Crippen LogP contribution in [0.1, 0.15) is 50.4 Å². The van der Waals surface area contributed by atoms with E-state index < -0.39 is 0 Å². The van der Waals surface area contributed by atoms with Crippen molar-refractivity contribution in [1.29, 1.82) is 0 Å². The Morgan fingerprint density at radius 3 is 2.26 bits per heavy atom. The van der Waals surface area contributed by atoms with E-state index in [2.05, 4.69) is 71.6 Å². The number of aromatic nitrogens is 3. The highest BCUT2D eigenvalue weighted by Crippen LogP contribution is 2.39. The number of hydrogen-bond acceptors (Lipinski definition) is 2. The second kappa shape index (κ2) is 9.72. The van der Waals surface area contributed by atoms with Crippen molar-refractivity contribution in [2.45, 2.75) is 52.0 Å². The van der Waals surface area contributed by atoms with Gasteiger partial charge in [-0.1, -0.05) is 99.2 Å². The van der Waals surface area contributed by atoms with E-state index in [1.54, 1.807) is 0 Å². The monoisotopic (exact) mass is 538 g/mol. The number of thiocarbonyl (C=S) groups is 1. The molecule has 1 aliphatic rings. The SMILES string of the molecule is CC(C)(C)c1ccc(-c2nn3c(C(=S)Nc4ccccc4)c(-c4ccc(Cl)cc4)c4c3n2CCCC4)cc1. The zero-order chi connectivity index (χ0) is 26.4. The van der Waals surface area contributed by atoms with Crippen LogP contribution < -0.4 is 5.32 Å². The maximum atomic E-state index is 6.27. The first-order chi connectivity index (χ1) is 18.3. The van der Waals surface area contributed by atoms with Gasteiger partial charge in [0.15, 0.2) is 5.82 Å². The van der Waals surface area contributed by atoms with E-state index in [1.165, 1.54) is 11.1 Å². The average Bonchev–Trinajstić information content (AvgIpc) is 3.32. The van der Waals surface area contributed by atoms with E-state index in [4.69, 9.17) is 28.9 Å². The Labute approximate surface area is 234 Å². The summed E-state index contributed by atoms with van der Waals surface area (Å²) in [6.45, 7) is 7.66. The number of para-hydroxylation sites is 1. The standard InChI is InChI=1S/C32H31ClN4S/c1-32(2,3)23-16-12-22(13-17-23)29-35-37-28(30(38)34-25-9-5-4-6-10-25)27(21-14-18-24(33)19-15-21)26-11-7-8-20-36(29)31(26)37/h4-6,9-10,12-19H,7-8,11,20H2,1-3H3,(H,34,38). The summed E-state index contributed by atoms with van der Waals surface area (Å²) in [5.41, 5.74) is 9.09. The topological polar surface area (TPSA) is 34.3 Å². The van der Waals surface area contributed by atoms with E-state index in [1.807, 2.05) is 42.5 Å². The number of halogens is 1.